The van der Waals surface area contributed by atoms with Crippen LogP contribution in [-0.4, -0.2) is 91.6 Å². The molecule has 6 rings (SSSR count). The number of hydrogen-bond acceptors (Lipinski definition) is 12. The fourth-order valence-corrected chi connectivity index (χ4v) is 10.3. The Kier molecular flexibility index (Phi) is 11.0. The minimum Gasteiger partial charge on any atom is -0.458 e. The molecule has 0 heterocycles. The minimum atomic E-state index is -2.26. The number of carbonyl (C=O) groups excluding carboxylic acids is 5. The number of rotatable bonds is 9. The van der Waals surface area contributed by atoms with Crippen molar-refractivity contribution in [1.29, 1.82) is 0 Å². The van der Waals surface area contributed by atoms with Crippen LogP contribution in [0.3, 0.4) is 0 Å². The Morgan fingerprint density at radius 1 is 0.930 bits per heavy atom. The zero-order valence-corrected chi connectivity index (χ0v) is 34.0. The van der Waals surface area contributed by atoms with Gasteiger partial charge in [0.1, 0.15) is 35.3 Å². The van der Waals surface area contributed by atoms with E-state index in [0.29, 0.717) is 12.0 Å². The zero-order valence-electron chi connectivity index (χ0n) is 34.0. The van der Waals surface area contributed by atoms with Crippen LogP contribution in [0.2, 0.25) is 0 Å². The first-order chi connectivity index (χ1) is 26.5. The van der Waals surface area contributed by atoms with Crippen LogP contribution < -0.4 is 0 Å². The average molecular weight is 789 g/mol. The van der Waals surface area contributed by atoms with E-state index in [1.165, 1.54) is 26.0 Å². The van der Waals surface area contributed by atoms with Crippen molar-refractivity contribution in [3.63, 3.8) is 0 Å². The number of hydrogen-bond donors (Lipinski definition) is 4. The Morgan fingerprint density at radius 2 is 1.53 bits per heavy atom. The van der Waals surface area contributed by atoms with E-state index in [4.69, 9.17) is 14.2 Å². The molecule has 11 atom stereocenters. The molecule has 3 fully saturated rings. The molecule has 4 aliphatic carbocycles. The van der Waals surface area contributed by atoms with E-state index < -0.39 is 106 Å². The van der Waals surface area contributed by atoms with Crippen LogP contribution in [0.5, 0.6) is 0 Å². The van der Waals surface area contributed by atoms with Crippen LogP contribution in [0, 0.1) is 28.1 Å². The number of ketones is 2. The first-order valence-electron chi connectivity index (χ1n) is 19.8. The molecule has 0 aliphatic heterocycles. The lowest BCUT2D eigenvalue weighted by atomic mass is 9.41. The summed E-state index contributed by atoms with van der Waals surface area (Å²) in [5.74, 6) is -6.52. The van der Waals surface area contributed by atoms with Crippen LogP contribution in [-0.2, 0) is 33.4 Å². The van der Waals surface area contributed by atoms with Gasteiger partial charge in [0, 0.05) is 42.4 Å². The van der Waals surface area contributed by atoms with Crippen LogP contribution in [0.15, 0.2) is 71.8 Å². The van der Waals surface area contributed by atoms with Crippen LogP contribution in [0.1, 0.15) is 109 Å². The Balaban J connectivity index is 1.50. The van der Waals surface area contributed by atoms with E-state index in [0.717, 1.165) is 0 Å². The maximum absolute atomic E-state index is 15.0. The highest BCUT2D eigenvalue weighted by atomic mass is 16.6. The number of fused-ring (bicyclic) bond motifs is 5. The molecule has 4 N–H and O–H groups in total. The summed E-state index contributed by atoms with van der Waals surface area (Å²) < 4.78 is 18.6. The Bertz CT molecular complexity index is 1950. The second-order valence-electron chi connectivity index (χ2n) is 18.4. The van der Waals surface area contributed by atoms with Gasteiger partial charge in [-0.05, 0) is 62.0 Å². The molecule has 2 bridgehead atoms. The molecule has 57 heavy (non-hydrogen) atoms. The van der Waals surface area contributed by atoms with E-state index >= 15 is 0 Å². The van der Waals surface area contributed by atoms with Gasteiger partial charge in [-0.25, -0.2) is 9.59 Å². The molecule has 308 valence electrons. The highest BCUT2D eigenvalue weighted by Crippen LogP contribution is 2.67. The van der Waals surface area contributed by atoms with Crippen molar-refractivity contribution in [2.75, 3.05) is 0 Å². The predicted octanol–water partition coefficient (Wildman–Crippen LogP) is 4.79. The quantitative estimate of drug-likeness (QED) is 0.154. The zero-order chi connectivity index (χ0) is 42.0. The molecular weight excluding hydrogens is 732 g/mol. The van der Waals surface area contributed by atoms with Crippen LogP contribution in [0.25, 0.3) is 0 Å². The molecule has 2 unspecified atom stereocenters. The van der Waals surface area contributed by atoms with Crippen molar-refractivity contribution in [2.24, 2.45) is 28.1 Å². The molecule has 0 radical (unpaired) electrons. The lowest BCUT2D eigenvalue weighted by Crippen LogP contribution is -2.78. The normalized spacial score (nSPS) is 34.2. The van der Waals surface area contributed by atoms with Crippen LogP contribution in [0.4, 0.5) is 0 Å². The van der Waals surface area contributed by atoms with Gasteiger partial charge in [0.25, 0.3) is 0 Å². The lowest BCUT2D eigenvalue weighted by molar-refractivity contribution is -0.296. The maximum Gasteiger partial charge on any atom is 0.338 e. The third-order valence-corrected chi connectivity index (χ3v) is 13.9. The maximum atomic E-state index is 15.0. The van der Waals surface area contributed by atoms with Gasteiger partial charge in [-0.15, -0.1) is 0 Å². The van der Waals surface area contributed by atoms with E-state index in [-0.39, 0.29) is 41.8 Å². The summed E-state index contributed by atoms with van der Waals surface area (Å²) in [6.45, 7) is 12.7. The molecule has 12 heteroatoms. The Hall–Kier alpha value is -4.23. The number of carbonyl (C=O) groups is 5. The first-order valence-corrected chi connectivity index (χ1v) is 19.8. The molecule has 2 aromatic carbocycles. The Labute approximate surface area is 333 Å². The lowest BCUT2D eigenvalue weighted by Gasteiger charge is -2.68. The standard InChI is InChI=1S/C45H56O12/c1-24-30(55-40(53)34(49)29(22-31(47)41(3,4)5)26-15-11-9-12-16-26)23-45(54)38(56-39(52)27-17-13-10-14-18-27)36-43(8,37(51)35(50)33(24)42(45,6)7)32(48)21-28-19-20-44(28,36)57-25(2)46/h9-18,28-30,32,34-36,38,48-50,54H,19-23H2,1-8H3/t28-,29+,30+,32+,34-,35-,36?,38?,43-,44+,45-/m1/s1. The van der Waals surface area contributed by atoms with Crippen molar-refractivity contribution in [3.8, 4) is 0 Å². The summed E-state index contributed by atoms with van der Waals surface area (Å²) in [4.78, 5) is 69.4. The molecule has 2 aromatic rings. The van der Waals surface area contributed by atoms with Crippen LogP contribution >= 0.6 is 0 Å². The number of benzene rings is 2. The summed E-state index contributed by atoms with van der Waals surface area (Å²) in [5.41, 5.74) is -7.12. The summed E-state index contributed by atoms with van der Waals surface area (Å²) in [6.07, 6.45) is -8.08. The van der Waals surface area contributed by atoms with Gasteiger partial charge in [0.2, 0.25) is 0 Å². The summed E-state index contributed by atoms with van der Waals surface area (Å²) in [6, 6.07) is 16.6. The molecule has 3 saturated carbocycles. The van der Waals surface area contributed by atoms with E-state index in [9.17, 15) is 44.4 Å². The van der Waals surface area contributed by atoms with E-state index in [1.807, 2.05) is 0 Å². The van der Waals surface area contributed by atoms with Gasteiger partial charge in [-0.2, -0.15) is 0 Å². The molecule has 0 amide bonds. The van der Waals surface area contributed by atoms with Gasteiger partial charge in [-0.1, -0.05) is 83.1 Å². The summed E-state index contributed by atoms with van der Waals surface area (Å²) in [5, 5.41) is 49.3. The second kappa shape index (κ2) is 14.9. The van der Waals surface area contributed by atoms with E-state index in [1.54, 1.807) is 90.1 Å². The number of aliphatic hydroxyl groups excluding tert-OH is 3. The highest BCUT2D eigenvalue weighted by molar-refractivity contribution is 5.94. The first kappa shape index (κ1) is 42.4. The van der Waals surface area contributed by atoms with Gasteiger partial charge in [0.15, 0.2) is 11.9 Å². The fourth-order valence-electron chi connectivity index (χ4n) is 10.3. The monoisotopic (exact) mass is 788 g/mol. The fraction of sp³-hybridized carbons (Fsp3) is 0.578. The number of ether oxygens (including phenoxy) is 3. The SMILES string of the molecule is CC(=O)O[C@@]12CC[C@@H]1C[C@H](O)[C@@]1(C)C(=O)[C@H](O)C3=C(C)[C@@H](OC(=O)[C@H](O)[C@@H](CC(=O)C(C)(C)C)c4ccccc4)C[C@@](O)(C(OC(=O)c4ccccc4)C12)C3(C)C. The van der Waals surface area contributed by atoms with Gasteiger partial charge < -0.3 is 34.6 Å². The van der Waals surface area contributed by atoms with Gasteiger partial charge in [-0.3, -0.25) is 14.4 Å². The average Bonchev–Trinajstić information content (AvgIpc) is 3.15. The summed E-state index contributed by atoms with van der Waals surface area (Å²) >= 11 is 0. The van der Waals surface area contributed by atoms with Gasteiger partial charge >= 0.3 is 17.9 Å². The minimum absolute atomic E-state index is 0.000892. The summed E-state index contributed by atoms with van der Waals surface area (Å²) in [7, 11) is 0. The number of esters is 3. The van der Waals surface area contributed by atoms with Crippen molar-refractivity contribution in [3.05, 3.63) is 82.9 Å². The third kappa shape index (κ3) is 6.86. The third-order valence-electron chi connectivity index (χ3n) is 13.9. The van der Waals surface area contributed by atoms with Crippen molar-refractivity contribution in [1.82, 2.24) is 0 Å². The molecule has 12 nitrogen and oxygen atoms in total. The largest absolute Gasteiger partial charge is 0.458 e. The highest BCUT2D eigenvalue weighted by Gasteiger charge is 2.77. The predicted molar refractivity (Wildman–Crippen MR) is 206 cm³/mol. The smallest absolute Gasteiger partial charge is 0.338 e. The topological polar surface area (TPSA) is 194 Å². The van der Waals surface area contributed by atoms with Crippen molar-refractivity contribution >= 4 is 29.5 Å². The molecular formula is C45H56O12. The Morgan fingerprint density at radius 3 is 2.07 bits per heavy atom. The number of Topliss-reactive ketones (excluding diaryl/α,β-unsaturated/α-hetero) is 2. The van der Waals surface area contributed by atoms with Crippen molar-refractivity contribution < 1.29 is 58.6 Å². The second-order valence-corrected chi connectivity index (χ2v) is 18.4. The van der Waals surface area contributed by atoms with Crippen molar-refractivity contribution in [2.45, 2.75) is 135 Å². The van der Waals surface area contributed by atoms with Gasteiger partial charge in [0.05, 0.1) is 23.0 Å². The molecule has 0 spiro atoms. The molecule has 0 aromatic heterocycles. The van der Waals surface area contributed by atoms with E-state index in [2.05, 4.69) is 0 Å². The number of aliphatic hydroxyl groups is 4. The molecule has 0 saturated heterocycles. The molecule has 4 aliphatic rings.